The lowest BCUT2D eigenvalue weighted by Gasteiger charge is -2.15. The number of carboxylic acid groups (broad SMARTS) is 1. The monoisotopic (exact) mass is 265 g/mol. The number of carboxylic acids is 1. The summed E-state index contributed by atoms with van der Waals surface area (Å²) in [5, 5.41) is 11.9. The molecule has 0 aliphatic carbocycles. The second kappa shape index (κ2) is 7.53. The third-order valence-corrected chi connectivity index (χ3v) is 2.74. The molecule has 0 bridgehead atoms. The van der Waals surface area contributed by atoms with E-state index < -0.39 is 18.0 Å². The van der Waals surface area contributed by atoms with E-state index in [1.807, 2.05) is 31.2 Å². The highest BCUT2D eigenvalue weighted by atomic mass is 16.5. The second-order valence-electron chi connectivity index (χ2n) is 4.44. The molecule has 0 saturated heterocycles. The SMILES string of the molecule is COC(=O)C[C@H](CC(=O)O)NCc1cccc(C)c1. The van der Waals surface area contributed by atoms with Crippen LogP contribution in [-0.4, -0.2) is 30.2 Å². The molecule has 5 nitrogen and oxygen atoms in total. The highest BCUT2D eigenvalue weighted by molar-refractivity contribution is 5.72. The normalized spacial score (nSPS) is 11.9. The summed E-state index contributed by atoms with van der Waals surface area (Å²) in [5.41, 5.74) is 2.20. The van der Waals surface area contributed by atoms with Crippen LogP contribution in [0, 0.1) is 6.92 Å². The summed E-state index contributed by atoms with van der Waals surface area (Å²) in [6.07, 6.45) is -0.0600. The molecule has 0 spiro atoms. The van der Waals surface area contributed by atoms with Crippen LogP contribution in [0.4, 0.5) is 0 Å². The summed E-state index contributed by atoms with van der Waals surface area (Å²) in [6, 6.07) is 7.48. The summed E-state index contributed by atoms with van der Waals surface area (Å²) in [6.45, 7) is 2.52. The van der Waals surface area contributed by atoms with Gasteiger partial charge in [-0.05, 0) is 12.5 Å². The molecule has 1 aromatic carbocycles. The zero-order valence-electron chi connectivity index (χ0n) is 11.2. The molecule has 0 aromatic heterocycles. The summed E-state index contributed by atoms with van der Waals surface area (Å²) >= 11 is 0. The minimum atomic E-state index is -0.939. The van der Waals surface area contributed by atoms with E-state index in [0.29, 0.717) is 6.54 Å². The zero-order valence-corrected chi connectivity index (χ0v) is 11.2. The van der Waals surface area contributed by atoms with E-state index in [1.165, 1.54) is 7.11 Å². The van der Waals surface area contributed by atoms with E-state index in [0.717, 1.165) is 11.1 Å². The maximum Gasteiger partial charge on any atom is 0.307 e. The van der Waals surface area contributed by atoms with E-state index in [2.05, 4.69) is 10.1 Å². The number of aliphatic carboxylic acids is 1. The predicted octanol–water partition coefficient (Wildman–Crippen LogP) is 1.49. The Morgan fingerprint density at radius 2 is 2.11 bits per heavy atom. The van der Waals surface area contributed by atoms with Crippen molar-refractivity contribution in [3.05, 3.63) is 35.4 Å². The Morgan fingerprint density at radius 3 is 2.68 bits per heavy atom. The van der Waals surface area contributed by atoms with Gasteiger partial charge in [0.15, 0.2) is 0 Å². The molecule has 0 aliphatic heterocycles. The number of benzene rings is 1. The van der Waals surface area contributed by atoms with Gasteiger partial charge in [0.25, 0.3) is 0 Å². The minimum Gasteiger partial charge on any atom is -0.481 e. The van der Waals surface area contributed by atoms with Gasteiger partial charge in [-0.15, -0.1) is 0 Å². The molecule has 1 rings (SSSR count). The lowest BCUT2D eigenvalue weighted by Crippen LogP contribution is -2.33. The van der Waals surface area contributed by atoms with Gasteiger partial charge in [0.05, 0.1) is 20.0 Å². The highest BCUT2D eigenvalue weighted by Crippen LogP contribution is 2.06. The van der Waals surface area contributed by atoms with E-state index in [-0.39, 0.29) is 12.8 Å². The number of rotatable bonds is 7. The molecule has 0 aliphatic rings. The van der Waals surface area contributed by atoms with Crippen LogP contribution < -0.4 is 5.32 Å². The summed E-state index contributed by atoms with van der Waals surface area (Å²) in [7, 11) is 1.29. The van der Waals surface area contributed by atoms with Gasteiger partial charge in [-0.25, -0.2) is 0 Å². The number of nitrogens with one attached hydrogen (secondary N) is 1. The van der Waals surface area contributed by atoms with Crippen LogP contribution >= 0.6 is 0 Å². The Bertz CT molecular complexity index is 445. The lowest BCUT2D eigenvalue weighted by atomic mass is 10.1. The molecule has 1 atom stereocenters. The summed E-state index contributed by atoms with van der Waals surface area (Å²) < 4.78 is 4.56. The van der Waals surface area contributed by atoms with Crippen molar-refractivity contribution in [2.45, 2.75) is 32.4 Å². The number of aryl methyl sites for hydroxylation is 1. The van der Waals surface area contributed by atoms with Gasteiger partial charge in [-0.2, -0.15) is 0 Å². The number of hydrogen-bond acceptors (Lipinski definition) is 4. The summed E-state index contributed by atoms with van der Waals surface area (Å²) in [5.74, 6) is -1.35. The van der Waals surface area contributed by atoms with Crippen molar-refractivity contribution in [3.63, 3.8) is 0 Å². The zero-order chi connectivity index (χ0) is 14.3. The van der Waals surface area contributed by atoms with Crippen LogP contribution in [-0.2, 0) is 20.9 Å². The van der Waals surface area contributed by atoms with Crippen molar-refractivity contribution in [2.75, 3.05) is 7.11 Å². The first kappa shape index (κ1) is 15.2. The predicted molar refractivity (Wildman–Crippen MR) is 70.7 cm³/mol. The Hall–Kier alpha value is -1.88. The number of carbonyl (C=O) groups is 2. The van der Waals surface area contributed by atoms with Crippen LogP contribution in [0.15, 0.2) is 24.3 Å². The molecule has 1 aromatic rings. The van der Waals surface area contributed by atoms with Crippen LogP contribution in [0.5, 0.6) is 0 Å². The molecule has 0 heterocycles. The van der Waals surface area contributed by atoms with Gasteiger partial charge < -0.3 is 15.2 Å². The van der Waals surface area contributed by atoms with Gasteiger partial charge in [-0.3, -0.25) is 9.59 Å². The largest absolute Gasteiger partial charge is 0.481 e. The number of esters is 1. The van der Waals surface area contributed by atoms with Crippen LogP contribution in [0.25, 0.3) is 0 Å². The molecule has 19 heavy (non-hydrogen) atoms. The van der Waals surface area contributed by atoms with Crippen molar-refractivity contribution in [1.82, 2.24) is 5.32 Å². The first-order chi connectivity index (χ1) is 9.01. The highest BCUT2D eigenvalue weighted by Gasteiger charge is 2.17. The Labute approximate surface area is 112 Å². The minimum absolute atomic E-state index is 0.0502. The Morgan fingerprint density at radius 1 is 1.37 bits per heavy atom. The molecular weight excluding hydrogens is 246 g/mol. The average Bonchev–Trinajstić information content (AvgIpc) is 2.35. The van der Waals surface area contributed by atoms with Crippen molar-refractivity contribution >= 4 is 11.9 Å². The van der Waals surface area contributed by atoms with E-state index >= 15 is 0 Å². The molecule has 0 radical (unpaired) electrons. The van der Waals surface area contributed by atoms with Gasteiger partial charge in [0, 0.05) is 12.6 Å². The van der Waals surface area contributed by atoms with E-state index in [1.54, 1.807) is 0 Å². The number of methoxy groups -OCH3 is 1. The maximum absolute atomic E-state index is 11.2. The lowest BCUT2D eigenvalue weighted by molar-refractivity contribution is -0.142. The van der Waals surface area contributed by atoms with Crippen LogP contribution in [0.1, 0.15) is 24.0 Å². The van der Waals surface area contributed by atoms with Gasteiger partial charge in [-0.1, -0.05) is 29.8 Å². The Kier molecular flexibility index (Phi) is 6.02. The molecule has 5 heteroatoms. The third-order valence-electron chi connectivity index (χ3n) is 2.74. The maximum atomic E-state index is 11.2. The average molecular weight is 265 g/mol. The third kappa shape index (κ3) is 6.01. The Balaban J connectivity index is 2.56. The van der Waals surface area contributed by atoms with Gasteiger partial charge in [0.1, 0.15) is 0 Å². The van der Waals surface area contributed by atoms with Crippen LogP contribution in [0.2, 0.25) is 0 Å². The number of carbonyl (C=O) groups excluding carboxylic acids is 1. The van der Waals surface area contributed by atoms with Crippen molar-refractivity contribution in [3.8, 4) is 0 Å². The molecule has 104 valence electrons. The molecule has 0 amide bonds. The van der Waals surface area contributed by atoms with Crippen molar-refractivity contribution < 1.29 is 19.4 Å². The second-order valence-corrected chi connectivity index (χ2v) is 4.44. The summed E-state index contributed by atoms with van der Waals surface area (Å²) in [4.78, 5) is 22.0. The van der Waals surface area contributed by atoms with Crippen molar-refractivity contribution in [2.24, 2.45) is 0 Å². The standard InChI is InChI=1S/C14H19NO4/c1-10-4-3-5-11(6-10)9-15-12(7-13(16)17)8-14(18)19-2/h3-6,12,15H,7-9H2,1-2H3,(H,16,17)/t12-/m0/s1. The topological polar surface area (TPSA) is 75.6 Å². The fraction of sp³-hybridized carbons (Fsp3) is 0.429. The molecule has 0 fully saturated rings. The van der Waals surface area contributed by atoms with Gasteiger partial charge in [0.2, 0.25) is 0 Å². The number of ether oxygens (including phenoxy) is 1. The molecule has 0 unspecified atom stereocenters. The first-order valence-corrected chi connectivity index (χ1v) is 6.08. The van der Waals surface area contributed by atoms with Gasteiger partial charge >= 0.3 is 11.9 Å². The fourth-order valence-electron chi connectivity index (χ4n) is 1.80. The van der Waals surface area contributed by atoms with E-state index in [4.69, 9.17) is 5.11 Å². The molecule has 0 saturated carbocycles. The van der Waals surface area contributed by atoms with E-state index in [9.17, 15) is 9.59 Å². The number of hydrogen-bond donors (Lipinski definition) is 2. The fourth-order valence-corrected chi connectivity index (χ4v) is 1.80. The van der Waals surface area contributed by atoms with Crippen molar-refractivity contribution in [1.29, 1.82) is 0 Å². The molecule has 2 N–H and O–H groups in total. The smallest absolute Gasteiger partial charge is 0.307 e. The quantitative estimate of drug-likeness (QED) is 0.730. The molecular formula is C14H19NO4. The van der Waals surface area contributed by atoms with Crippen LogP contribution in [0.3, 0.4) is 0 Å². The first-order valence-electron chi connectivity index (χ1n) is 6.08.